The summed E-state index contributed by atoms with van der Waals surface area (Å²) in [5.74, 6) is -2.36. The lowest BCUT2D eigenvalue weighted by Crippen LogP contribution is -1.91. The summed E-state index contributed by atoms with van der Waals surface area (Å²) < 4.78 is 0. The van der Waals surface area contributed by atoms with Crippen LogP contribution in [0.3, 0.4) is 0 Å². The van der Waals surface area contributed by atoms with Crippen LogP contribution >= 0.6 is 0 Å². The van der Waals surface area contributed by atoms with Crippen LogP contribution in [0.5, 0.6) is 0 Å². The van der Waals surface area contributed by atoms with Crippen LogP contribution in [0.15, 0.2) is 0 Å². The van der Waals surface area contributed by atoms with Gasteiger partial charge in [-0.05, 0) is 6.42 Å². The van der Waals surface area contributed by atoms with Crippen molar-refractivity contribution in [1.29, 1.82) is 0 Å². The fourth-order valence-electron chi connectivity index (χ4n) is 0.328. The molecule has 0 atom stereocenters. The summed E-state index contributed by atoms with van der Waals surface area (Å²) in [5, 5.41) is 22.9. The second kappa shape index (κ2) is 14.9. The molecule has 0 aromatic rings. The smallest absolute Gasteiger partial charge is 0.303 e. The lowest BCUT2D eigenvalue weighted by molar-refractivity contribution is -0.137. The molecule has 0 aliphatic heterocycles. The van der Waals surface area contributed by atoms with E-state index in [4.69, 9.17) is 24.9 Å². The zero-order valence-corrected chi connectivity index (χ0v) is 9.19. The molecule has 15 heavy (non-hydrogen) atoms. The first kappa shape index (κ1) is 19.1. The summed E-state index contributed by atoms with van der Waals surface area (Å²) in [4.78, 5) is 27.8. The predicted octanol–water partition coefficient (Wildman–Crippen LogP) is 1.44. The van der Waals surface area contributed by atoms with Gasteiger partial charge in [0, 0.05) is 20.3 Å². The van der Waals surface area contributed by atoms with Gasteiger partial charge in [-0.15, -0.1) is 0 Å². The topological polar surface area (TPSA) is 112 Å². The minimum atomic E-state index is -0.833. The molecule has 3 N–H and O–H groups in total. The lowest BCUT2D eigenvalue weighted by Gasteiger charge is -1.85. The molecule has 0 saturated carbocycles. The normalized spacial score (nSPS) is 7.40. The van der Waals surface area contributed by atoms with E-state index in [2.05, 4.69) is 0 Å². The molecular formula is C9H18O6. The van der Waals surface area contributed by atoms with Gasteiger partial charge in [0.2, 0.25) is 0 Å². The van der Waals surface area contributed by atoms with E-state index in [0.29, 0.717) is 6.42 Å². The third kappa shape index (κ3) is 232. The first-order valence-corrected chi connectivity index (χ1v) is 4.34. The monoisotopic (exact) mass is 222 g/mol. The summed E-state index contributed by atoms with van der Waals surface area (Å²) in [7, 11) is 0. The number of aliphatic carboxylic acids is 3. The number of rotatable bonds is 3. The molecule has 0 heterocycles. The molecule has 0 spiro atoms. The first-order chi connectivity index (χ1) is 6.73. The van der Waals surface area contributed by atoms with Crippen LogP contribution < -0.4 is 0 Å². The number of hydrogen-bond acceptors (Lipinski definition) is 3. The molecule has 6 nitrogen and oxygen atoms in total. The largest absolute Gasteiger partial charge is 0.481 e. The van der Waals surface area contributed by atoms with E-state index in [1.807, 2.05) is 6.92 Å². The SMILES string of the molecule is CC(=O)O.CC(=O)O.CCCCC(=O)O. The predicted molar refractivity (Wildman–Crippen MR) is 53.8 cm³/mol. The van der Waals surface area contributed by atoms with Crippen molar-refractivity contribution in [1.82, 2.24) is 0 Å². The van der Waals surface area contributed by atoms with E-state index in [9.17, 15) is 4.79 Å². The van der Waals surface area contributed by atoms with Crippen LogP contribution in [0.25, 0.3) is 0 Å². The molecule has 6 heteroatoms. The fourth-order valence-corrected chi connectivity index (χ4v) is 0.328. The molecule has 0 bridgehead atoms. The van der Waals surface area contributed by atoms with E-state index in [1.165, 1.54) is 0 Å². The van der Waals surface area contributed by atoms with Crippen LogP contribution in [-0.2, 0) is 14.4 Å². The third-order valence-electron chi connectivity index (χ3n) is 0.744. The molecule has 0 radical (unpaired) electrons. The Balaban J connectivity index is -0.000000155. The second-order valence-corrected chi connectivity index (χ2v) is 2.54. The van der Waals surface area contributed by atoms with Crippen molar-refractivity contribution in [2.45, 2.75) is 40.0 Å². The number of unbranched alkanes of at least 4 members (excludes halogenated alkanes) is 1. The third-order valence-corrected chi connectivity index (χ3v) is 0.744. The maximum atomic E-state index is 9.76. The Labute approximate surface area is 88.5 Å². The minimum Gasteiger partial charge on any atom is -0.481 e. The summed E-state index contributed by atoms with van der Waals surface area (Å²) >= 11 is 0. The first-order valence-electron chi connectivity index (χ1n) is 4.34. The van der Waals surface area contributed by atoms with Gasteiger partial charge in [0.05, 0.1) is 0 Å². The Kier molecular flexibility index (Phi) is 18.9. The molecule has 0 rings (SSSR count). The average molecular weight is 222 g/mol. The van der Waals surface area contributed by atoms with E-state index < -0.39 is 17.9 Å². The number of carboxylic acids is 3. The number of carboxylic acid groups (broad SMARTS) is 3. The zero-order valence-electron chi connectivity index (χ0n) is 9.19. The molecule has 0 fully saturated rings. The van der Waals surface area contributed by atoms with Gasteiger partial charge in [-0.25, -0.2) is 0 Å². The highest BCUT2D eigenvalue weighted by Gasteiger charge is 1.90. The summed E-state index contributed by atoms with van der Waals surface area (Å²) in [6, 6.07) is 0. The van der Waals surface area contributed by atoms with Crippen LogP contribution in [0.4, 0.5) is 0 Å². The molecule has 0 amide bonds. The molecule has 0 aromatic carbocycles. The Morgan fingerprint density at radius 2 is 1.20 bits per heavy atom. The van der Waals surface area contributed by atoms with Gasteiger partial charge in [0.25, 0.3) is 11.9 Å². The molecular weight excluding hydrogens is 204 g/mol. The van der Waals surface area contributed by atoms with Crippen LogP contribution in [0, 0.1) is 0 Å². The fraction of sp³-hybridized carbons (Fsp3) is 0.667. The molecule has 0 aromatic heterocycles. The van der Waals surface area contributed by atoms with Gasteiger partial charge < -0.3 is 15.3 Å². The highest BCUT2D eigenvalue weighted by Crippen LogP contribution is 1.91. The summed E-state index contributed by atoms with van der Waals surface area (Å²) in [6.45, 7) is 4.14. The Bertz CT molecular complexity index is 167. The number of hydrogen-bond donors (Lipinski definition) is 3. The van der Waals surface area contributed by atoms with Crippen molar-refractivity contribution >= 4 is 17.9 Å². The molecule has 0 aliphatic rings. The number of carbonyl (C=O) groups is 3. The molecule has 0 unspecified atom stereocenters. The van der Waals surface area contributed by atoms with Crippen molar-refractivity contribution in [3.63, 3.8) is 0 Å². The van der Waals surface area contributed by atoms with Gasteiger partial charge in [0.15, 0.2) is 0 Å². The van der Waals surface area contributed by atoms with Crippen LogP contribution in [0.1, 0.15) is 40.0 Å². The van der Waals surface area contributed by atoms with Crippen molar-refractivity contribution in [2.75, 3.05) is 0 Å². The highest BCUT2D eigenvalue weighted by molar-refractivity contribution is 5.66. The van der Waals surface area contributed by atoms with E-state index in [-0.39, 0.29) is 0 Å². The van der Waals surface area contributed by atoms with Crippen molar-refractivity contribution in [3.8, 4) is 0 Å². The van der Waals surface area contributed by atoms with Gasteiger partial charge >= 0.3 is 5.97 Å². The Morgan fingerprint density at radius 3 is 1.27 bits per heavy atom. The van der Waals surface area contributed by atoms with E-state index >= 15 is 0 Å². The van der Waals surface area contributed by atoms with Crippen molar-refractivity contribution in [2.24, 2.45) is 0 Å². The van der Waals surface area contributed by atoms with Crippen LogP contribution in [-0.4, -0.2) is 33.2 Å². The minimum absolute atomic E-state index is 0.316. The van der Waals surface area contributed by atoms with Gasteiger partial charge in [0.1, 0.15) is 0 Å². The molecule has 90 valence electrons. The summed E-state index contributed by atoms with van der Waals surface area (Å²) in [6.07, 6.45) is 2.08. The lowest BCUT2D eigenvalue weighted by atomic mass is 10.3. The van der Waals surface area contributed by atoms with Gasteiger partial charge in [-0.2, -0.15) is 0 Å². The van der Waals surface area contributed by atoms with E-state index in [0.717, 1.165) is 26.7 Å². The summed E-state index contributed by atoms with van der Waals surface area (Å²) in [5.41, 5.74) is 0. The van der Waals surface area contributed by atoms with Gasteiger partial charge in [-0.3, -0.25) is 14.4 Å². The van der Waals surface area contributed by atoms with Crippen molar-refractivity contribution < 1.29 is 29.7 Å². The maximum absolute atomic E-state index is 9.76. The maximum Gasteiger partial charge on any atom is 0.303 e. The average Bonchev–Trinajstić information content (AvgIpc) is 1.98. The molecule has 0 aliphatic carbocycles. The molecule has 0 saturated heterocycles. The quantitative estimate of drug-likeness (QED) is 0.666. The Morgan fingerprint density at radius 1 is 0.933 bits per heavy atom. The van der Waals surface area contributed by atoms with E-state index in [1.54, 1.807) is 0 Å². The van der Waals surface area contributed by atoms with Crippen LogP contribution in [0.2, 0.25) is 0 Å². The highest BCUT2D eigenvalue weighted by atomic mass is 16.4. The second-order valence-electron chi connectivity index (χ2n) is 2.54. The van der Waals surface area contributed by atoms with Crippen molar-refractivity contribution in [3.05, 3.63) is 0 Å². The Hall–Kier alpha value is -1.59. The van der Waals surface area contributed by atoms with Gasteiger partial charge in [-0.1, -0.05) is 13.3 Å². The standard InChI is InChI=1S/C5H10O2.2C2H4O2/c1-2-3-4-5(6)7;2*1-2(3)4/h2-4H2,1H3,(H,6,7);2*1H3,(H,3,4). The zero-order chi connectivity index (χ0) is 12.9.